The molecule has 1 saturated carbocycles. The van der Waals surface area contributed by atoms with E-state index in [4.69, 9.17) is 0 Å². The maximum absolute atomic E-state index is 11.8. The van der Waals surface area contributed by atoms with Crippen molar-refractivity contribution < 1.29 is 4.79 Å². The molecule has 1 aliphatic rings. The molecule has 0 spiro atoms. The second-order valence-corrected chi connectivity index (χ2v) is 7.52. The molecule has 5 heteroatoms. The lowest BCUT2D eigenvalue weighted by molar-refractivity contribution is 0.251. The van der Waals surface area contributed by atoms with Crippen molar-refractivity contribution in [2.24, 2.45) is 0 Å². The molecule has 1 heterocycles. The molecule has 2 amide bonds. The molecule has 1 fully saturated rings. The summed E-state index contributed by atoms with van der Waals surface area (Å²) in [5.74, 6) is 0. The van der Waals surface area contributed by atoms with Crippen molar-refractivity contribution >= 4 is 23.1 Å². The third-order valence-electron chi connectivity index (χ3n) is 4.38. The average molecular weight is 343 g/mol. The summed E-state index contributed by atoms with van der Waals surface area (Å²) in [6.07, 6.45) is 2.19. The summed E-state index contributed by atoms with van der Waals surface area (Å²) in [5.41, 5.74) is 3.38. The Labute approximate surface area is 147 Å². The Balaban J connectivity index is 1.56. The molecule has 3 N–H and O–H groups in total. The van der Waals surface area contributed by atoms with Crippen LogP contribution in [0.15, 0.2) is 35.7 Å². The van der Waals surface area contributed by atoms with Crippen LogP contribution in [0.3, 0.4) is 0 Å². The number of amides is 2. The molecule has 0 saturated heterocycles. The SMILES string of the molecule is Cc1ccsc1[C@@H](C)N[C@@H](C)c1ccc(NC(=O)NC2CC2)cc1. The standard InChI is InChI=1S/C19H25N3OS/c1-12-10-11-24-18(12)14(3)20-13(2)15-4-6-16(7-5-15)21-19(23)22-17-8-9-17/h4-7,10-11,13-14,17,20H,8-9H2,1-3H3,(H2,21,22,23)/t13-,14+/m0/s1. The van der Waals surface area contributed by atoms with Crippen LogP contribution >= 0.6 is 11.3 Å². The summed E-state index contributed by atoms with van der Waals surface area (Å²) >= 11 is 1.80. The lowest BCUT2D eigenvalue weighted by Crippen LogP contribution is -2.30. The first kappa shape index (κ1) is 17.0. The normalized spacial score (nSPS) is 16.5. The molecule has 1 aromatic heterocycles. The van der Waals surface area contributed by atoms with Gasteiger partial charge in [-0.25, -0.2) is 4.79 Å². The highest BCUT2D eigenvalue weighted by Crippen LogP contribution is 2.26. The molecule has 1 aromatic carbocycles. The lowest BCUT2D eigenvalue weighted by Gasteiger charge is -2.20. The summed E-state index contributed by atoms with van der Waals surface area (Å²) in [6.45, 7) is 6.52. The van der Waals surface area contributed by atoms with Crippen molar-refractivity contribution in [2.75, 3.05) is 5.32 Å². The zero-order valence-electron chi connectivity index (χ0n) is 14.4. The highest BCUT2D eigenvalue weighted by molar-refractivity contribution is 7.10. The number of thiophene rings is 1. The predicted octanol–water partition coefficient (Wildman–Crippen LogP) is 4.75. The number of anilines is 1. The Bertz CT molecular complexity index is 691. The van der Waals surface area contributed by atoms with Crippen molar-refractivity contribution in [2.45, 2.75) is 51.7 Å². The van der Waals surface area contributed by atoms with E-state index in [1.165, 1.54) is 16.0 Å². The zero-order chi connectivity index (χ0) is 17.1. The van der Waals surface area contributed by atoms with Crippen LogP contribution in [0.5, 0.6) is 0 Å². The van der Waals surface area contributed by atoms with E-state index in [0.717, 1.165) is 18.5 Å². The van der Waals surface area contributed by atoms with Crippen molar-refractivity contribution in [3.8, 4) is 0 Å². The molecule has 1 aliphatic carbocycles. The van der Waals surface area contributed by atoms with E-state index in [2.05, 4.69) is 60.3 Å². The number of carbonyl (C=O) groups excluding carboxylic acids is 1. The van der Waals surface area contributed by atoms with E-state index in [9.17, 15) is 4.79 Å². The van der Waals surface area contributed by atoms with Crippen molar-refractivity contribution in [1.82, 2.24) is 10.6 Å². The van der Waals surface area contributed by atoms with Crippen LogP contribution in [0.25, 0.3) is 0 Å². The van der Waals surface area contributed by atoms with E-state index in [1.807, 2.05) is 12.1 Å². The number of aryl methyl sites for hydroxylation is 1. The fourth-order valence-corrected chi connectivity index (χ4v) is 3.76. The largest absolute Gasteiger partial charge is 0.335 e. The van der Waals surface area contributed by atoms with Gasteiger partial charge >= 0.3 is 6.03 Å². The summed E-state index contributed by atoms with van der Waals surface area (Å²) < 4.78 is 0. The van der Waals surface area contributed by atoms with Gasteiger partial charge in [-0.1, -0.05) is 12.1 Å². The maximum atomic E-state index is 11.8. The van der Waals surface area contributed by atoms with Gasteiger partial charge in [0.15, 0.2) is 0 Å². The first-order valence-corrected chi connectivity index (χ1v) is 9.38. The molecule has 24 heavy (non-hydrogen) atoms. The van der Waals surface area contributed by atoms with Crippen LogP contribution in [-0.2, 0) is 0 Å². The minimum absolute atomic E-state index is 0.113. The van der Waals surface area contributed by atoms with Crippen LogP contribution in [0, 0.1) is 6.92 Å². The Kier molecular flexibility index (Phi) is 5.21. The number of benzene rings is 1. The van der Waals surface area contributed by atoms with Crippen LogP contribution in [0.1, 0.15) is 54.8 Å². The molecule has 3 rings (SSSR count). The van der Waals surface area contributed by atoms with Gasteiger partial charge in [-0.3, -0.25) is 0 Å². The van der Waals surface area contributed by atoms with Crippen LogP contribution < -0.4 is 16.0 Å². The minimum Gasteiger partial charge on any atom is -0.335 e. The summed E-state index contributed by atoms with van der Waals surface area (Å²) in [7, 11) is 0. The number of rotatable bonds is 6. The first-order chi connectivity index (χ1) is 11.5. The predicted molar refractivity (Wildman–Crippen MR) is 101 cm³/mol. The Morgan fingerprint density at radius 2 is 1.83 bits per heavy atom. The number of hydrogen-bond acceptors (Lipinski definition) is 3. The van der Waals surface area contributed by atoms with Gasteiger partial charge in [0, 0.05) is 28.7 Å². The molecule has 0 bridgehead atoms. The van der Waals surface area contributed by atoms with E-state index in [0.29, 0.717) is 12.1 Å². The zero-order valence-corrected chi connectivity index (χ0v) is 15.2. The number of urea groups is 1. The fraction of sp³-hybridized carbons (Fsp3) is 0.421. The van der Waals surface area contributed by atoms with Crippen LogP contribution in [0.2, 0.25) is 0 Å². The molecule has 128 valence electrons. The molecule has 4 nitrogen and oxygen atoms in total. The molecule has 0 aliphatic heterocycles. The average Bonchev–Trinajstić information content (AvgIpc) is 3.25. The quantitative estimate of drug-likeness (QED) is 0.709. The Morgan fingerprint density at radius 3 is 2.42 bits per heavy atom. The molecule has 2 atom stereocenters. The number of carbonyl (C=O) groups is 1. The second kappa shape index (κ2) is 7.36. The summed E-state index contributed by atoms with van der Waals surface area (Å²) in [5, 5.41) is 11.6. The number of nitrogens with one attached hydrogen (secondary N) is 3. The monoisotopic (exact) mass is 343 g/mol. The lowest BCUT2D eigenvalue weighted by atomic mass is 10.1. The first-order valence-electron chi connectivity index (χ1n) is 8.50. The van der Waals surface area contributed by atoms with Gasteiger partial charge in [-0.05, 0) is 68.3 Å². The van der Waals surface area contributed by atoms with E-state index in [-0.39, 0.29) is 12.1 Å². The molecular formula is C19H25N3OS. The van der Waals surface area contributed by atoms with Gasteiger partial charge < -0.3 is 16.0 Å². The molecule has 2 aromatic rings. The van der Waals surface area contributed by atoms with Gasteiger partial charge in [0.2, 0.25) is 0 Å². The van der Waals surface area contributed by atoms with Gasteiger partial charge in [0.25, 0.3) is 0 Å². The molecular weight excluding hydrogens is 318 g/mol. The minimum atomic E-state index is -0.113. The van der Waals surface area contributed by atoms with Crippen LogP contribution in [-0.4, -0.2) is 12.1 Å². The van der Waals surface area contributed by atoms with E-state index >= 15 is 0 Å². The number of hydrogen-bond donors (Lipinski definition) is 3. The Morgan fingerprint density at radius 1 is 1.12 bits per heavy atom. The Hall–Kier alpha value is -1.85. The summed E-state index contributed by atoms with van der Waals surface area (Å²) in [4.78, 5) is 13.1. The van der Waals surface area contributed by atoms with Gasteiger partial charge in [-0.15, -0.1) is 11.3 Å². The molecule has 0 unspecified atom stereocenters. The highest BCUT2D eigenvalue weighted by atomic mass is 32.1. The van der Waals surface area contributed by atoms with Gasteiger partial charge in [0.05, 0.1) is 0 Å². The summed E-state index contributed by atoms with van der Waals surface area (Å²) in [6, 6.07) is 11.0. The van der Waals surface area contributed by atoms with Crippen molar-refractivity contribution in [3.05, 3.63) is 51.7 Å². The van der Waals surface area contributed by atoms with E-state index < -0.39 is 0 Å². The van der Waals surface area contributed by atoms with Crippen LogP contribution in [0.4, 0.5) is 10.5 Å². The third kappa shape index (κ3) is 4.36. The smallest absolute Gasteiger partial charge is 0.319 e. The van der Waals surface area contributed by atoms with Gasteiger partial charge in [-0.2, -0.15) is 0 Å². The van der Waals surface area contributed by atoms with Crippen molar-refractivity contribution in [3.63, 3.8) is 0 Å². The van der Waals surface area contributed by atoms with Crippen molar-refractivity contribution in [1.29, 1.82) is 0 Å². The third-order valence-corrected chi connectivity index (χ3v) is 5.58. The van der Waals surface area contributed by atoms with Gasteiger partial charge in [0.1, 0.15) is 0 Å². The van der Waals surface area contributed by atoms with E-state index in [1.54, 1.807) is 11.3 Å². The molecule has 0 radical (unpaired) electrons. The fourth-order valence-electron chi connectivity index (χ4n) is 2.81. The topological polar surface area (TPSA) is 53.2 Å². The highest BCUT2D eigenvalue weighted by Gasteiger charge is 2.23. The second-order valence-electron chi connectivity index (χ2n) is 6.57. The maximum Gasteiger partial charge on any atom is 0.319 e.